The first-order valence-electron chi connectivity index (χ1n) is 10.1. The van der Waals surface area contributed by atoms with Gasteiger partial charge >= 0.3 is 0 Å². The molecule has 1 aromatic carbocycles. The van der Waals surface area contributed by atoms with Crippen LogP contribution in [0.25, 0.3) is 0 Å². The van der Waals surface area contributed by atoms with E-state index in [1.54, 1.807) is 0 Å². The third-order valence-electron chi connectivity index (χ3n) is 4.71. The fraction of sp³-hybridized carbons (Fsp3) is 0.476. The van der Waals surface area contributed by atoms with Gasteiger partial charge < -0.3 is 15.5 Å². The van der Waals surface area contributed by atoms with Crippen LogP contribution in [-0.2, 0) is 17.9 Å². The van der Waals surface area contributed by atoms with Gasteiger partial charge in [-0.25, -0.2) is 4.99 Å². The van der Waals surface area contributed by atoms with Gasteiger partial charge in [-0.2, -0.15) is 5.10 Å². The highest BCUT2D eigenvalue weighted by Crippen LogP contribution is 2.09. The molecule has 0 spiro atoms. The second kappa shape index (κ2) is 12.5. The summed E-state index contributed by atoms with van der Waals surface area (Å²) < 4.78 is 1.94. The van der Waals surface area contributed by atoms with Crippen molar-refractivity contribution in [2.24, 2.45) is 4.99 Å². The van der Waals surface area contributed by atoms with Gasteiger partial charge in [-0.1, -0.05) is 30.3 Å². The number of aliphatic imine (C=N–C) groups is 1. The third kappa shape index (κ3) is 7.68. The molecule has 0 radical (unpaired) electrons. The van der Waals surface area contributed by atoms with E-state index in [2.05, 4.69) is 39.8 Å². The number of hydrogen-bond acceptors (Lipinski definition) is 3. The Bertz CT molecular complexity index is 776. The molecule has 29 heavy (non-hydrogen) atoms. The highest BCUT2D eigenvalue weighted by molar-refractivity contribution is 14.0. The molecule has 0 atom stereocenters. The molecular weight excluding hydrogens is 479 g/mol. The number of guanidine groups is 1. The quantitative estimate of drug-likeness (QED) is 0.236. The lowest BCUT2D eigenvalue weighted by Crippen LogP contribution is -2.39. The van der Waals surface area contributed by atoms with Gasteiger partial charge in [0.25, 0.3) is 0 Å². The van der Waals surface area contributed by atoms with E-state index in [0.29, 0.717) is 13.0 Å². The van der Waals surface area contributed by atoms with Gasteiger partial charge in [0.1, 0.15) is 0 Å². The number of carbonyl (C=O) groups excluding carboxylic acids is 1. The van der Waals surface area contributed by atoms with Crippen molar-refractivity contribution in [3.63, 3.8) is 0 Å². The second-order valence-corrected chi connectivity index (χ2v) is 6.99. The predicted octanol–water partition coefficient (Wildman–Crippen LogP) is 2.62. The van der Waals surface area contributed by atoms with Crippen LogP contribution >= 0.6 is 24.0 Å². The topological polar surface area (TPSA) is 74.6 Å². The number of nitrogens with zero attached hydrogens (tertiary/aromatic N) is 4. The molecule has 0 saturated carbocycles. The fourth-order valence-corrected chi connectivity index (χ4v) is 3.27. The largest absolute Gasteiger partial charge is 0.357 e. The third-order valence-corrected chi connectivity index (χ3v) is 4.71. The zero-order valence-corrected chi connectivity index (χ0v) is 19.3. The molecule has 7 nitrogen and oxygen atoms in total. The molecule has 0 bridgehead atoms. The van der Waals surface area contributed by atoms with Crippen molar-refractivity contribution >= 4 is 35.8 Å². The SMILES string of the molecule is CCNC(=NCc1cnn(Cc2ccccc2)c1)NCCCN1CCCC1=O.I. The van der Waals surface area contributed by atoms with Crippen molar-refractivity contribution in [3.05, 3.63) is 53.9 Å². The lowest BCUT2D eigenvalue weighted by atomic mass is 10.2. The van der Waals surface area contributed by atoms with Gasteiger partial charge in [-0.15, -0.1) is 24.0 Å². The fourth-order valence-electron chi connectivity index (χ4n) is 3.27. The predicted molar refractivity (Wildman–Crippen MR) is 126 cm³/mol. The first-order valence-corrected chi connectivity index (χ1v) is 10.1. The standard InChI is InChI=1S/C21H30N6O.HI/c1-2-22-21(23-11-7-13-26-12-6-10-20(26)28)24-14-19-15-25-27(17-19)16-18-8-4-3-5-9-18;/h3-5,8-9,15,17H,2,6-7,10-14,16H2,1H3,(H2,22,23,24);1H. The molecule has 2 heterocycles. The molecule has 1 saturated heterocycles. The zero-order chi connectivity index (χ0) is 19.6. The monoisotopic (exact) mass is 510 g/mol. The molecule has 1 aliphatic rings. The summed E-state index contributed by atoms with van der Waals surface area (Å²) in [7, 11) is 0. The Morgan fingerprint density at radius 3 is 2.76 bits per heavy atom. The van der Waals surface area contributed by atoms with Crippen LogP contribution in [-0.4, -0.2) is 52.7 Å². The number of halogens is 1. The van der Waals surface area contributed by atoms with E-state index in [0.717, 1.165) is 57.1 Å². The summed E-state index contributed by atoms with van der Waals surface area (Å²) in [6.45, 7) is 6.72. The minimum Gasteiger partial charge on any atom is -0.357 e. The van der Waals surface area contributed by atoms with Crippen LogP contribution in [0.3, 0.4) is 0 Å². The Morgan fingerprint density at radius 2 is 2.03 bits per heavy atom. The first-order chi connectivity index (χ1) is 13.7. The molecule has 2 N–H and O–H groups in total. The molecule has 2 aromatic rings. The Kier molecular flexibility index (Phi) is 9.96. The number of nitrogens with one attached hydrogen (secondary N) is 2. The minimum atomic E-state index is 0. The van der Waals surface area contributed by atoms with Crippen LogP contribution in [0.2, 0.25) is 0 Å². The average Bonchev–Trinajstić information content (AvgIpc) is 3.32. The van der Waals surface area contributed by atoms with Gasteiger partial charge in [0, 0.05) is 44.4 Å². The summed E-state index contributed by atoms with van der Waals surface area (Å²) in [6.07, 6.45) is 6.53. The Balaban J connectivity index is 0.00000300. The summed E-state index contributed by atoms with van der Waals surface area (Å²) >= 11 is 0. The van der Waals surface area contributed by atoms with Gasteiger partial charge in [0.15, 0.2) is 5.96 Å². The molecule has 8 heteroatoms. The summed E-state index contributed by atoms with van der Waals surface area (Å²) in [4.78, 5) is 18.2. The van der Waals surface area contributed by atoms with Crippen LogP contribution in [0.5, 0.6) is 0 Å². The number of benzene rings is 1. The van der Waals surface area contributed by atoms with Crippen LogP contribution < -0.4 is 10.6 Å². The molecule has 0 unspecified atom stereocenters. The lowest BCUT2D eigenvalue weighted by Gasteiger charge is -2.16. The van der Waals surface area contributed by atoms with E-state index < -0.39 is 0 Å². The lowest BCUT2D eigenvalue weighted by molar-refractivity contribution is -0.127. The molecule has 158 valence electrons. The number of rotatable bonds is 9. The molecule has 1 amide bonds. The summed E-state index contributed by atoms with van der Waals surface area (Å²) in [5.41, 5.74) is 2.31. The Hall–Kier alpha value is -2.10. The minimum absolute atomic E-state index is 0. The van der Waals surface area contributed by atoms with E-state index in [9.17, 15) is 4.79 Å². The van der Waals surface area contributed by atoms with Crippen LogP contribution in [0.15, 0.2) is 47.7 Å². The van der Waals surface area contributed by atoms with Crippen molar-refractivity contribution in [1.29, 1.82) is 0 Å². The van der Waals surface area contributed by atoms with Crippen molar-refractivity contribution in [2.75, 3.05) is 26.2 Å². The van der Waals surface area contributed by atoms with E-state index in [4.69, 9.17) is 0 Å². The summed E-state index contributed by atoms with van der Waals surface area (Å²) in [5, 5.41) is 11.0. The number of aromatic nitrogens is 2. The second-order valence-electron chi connectivity index (χ2n) is 6.99. The number of hydrogen-bond donors (Lipinski definition) is 2. The van der Waals surface area contributed by atoms with E-state index in [1.165, 1.54) is 5.56 Å². The van der Waals surface area contributed by atoms with E-state index >= 15 is 0 Å². The zero-order valence-electron chi connectivity index (χ0n) is 17.0. The van der Waals surface area contributed by atoms with Crippen LogP contribution in [0.4, 0.5) is 0 Å². The van der Waals surface area contributed by atoms with Crippen molar-refractivity contribution < 1.29 is 4.79 Å². The smallest absolute Gasteiger partial charge is 0.222 e. The number of amides is 1. The molecular formula is C21H31IN6O. The van der Waals surface area contributed by atoms with Gasteiger partial charge in [-0.05, 0) is 25.3 Å². The van der Waals surface area contributed by atoms with Crippen molar-refractivity contribution in [1.82, 2.24) is 25.3 Å². The Morgan fingerprint density at radius 1 is 1.21 bits per heavy atom. The van der Waals surface area contributed by atoms with Gasteiger partial charge in [-0.3, -0.25) is 9.48 Å². The maximum atomic E-state index is 11.6. The summed E-state index contributed by atoms with van der Waals surface area (Å²) in [5.74, 6) is 1.08. The van der Waals surface area contributed by atoms with E-state index in [1.807, 2.05) is 40.2 Å². The maximum absolute atomic E-state index is 11.6. The van der Waals surface area contributed by atoms with E-state index in [-0.39, 0.29) is 29.9 Å². The number of likely N-dealkylation sites (tertiary alicyclic amines) is 1. The highest BCUT2D eigenvalue weighted by atomic mass is 127. The maximum Gasteiger partial charge on any atom is 0.222 e. The normalized spacial score (nSPS) is 14.0. The molecule has 1 fully saturated rings. The molecule has 1 aliphatic heterocycles. The molecule has 3 rings (SSSR count). The number of carbonyl (C=O) groups is 1. The average molecular weight is 510 g/mol. The highest BCUT2D eigenvalue weighted by Gasteiger charge is 2.18. The Labute approximate surface area is 190 Å². The van der Waals surface area contributed by atoms with Gasteiger partial charge in [0.05, 0.1) is 19.3 Å². The molecule has 0 aliphatic carbocycles. The van der Waals surface area contributed by atoms with Crippen molar-refractivity contribution in [2.45, 2.75) is 39.3 Å². The first kappa shape index (κ1) is 23.2. The van der Waals surface area contributed by atoms with Crippen LogP contribution in [0, 0.1) is 0 Å². The van der Waals surface area contributed by atoms with Crippen LogP contribution in [0.1, 0.15) is 37.3 Å². The van der Waals surface area contributed by atoms with Gasteiger partial charge in [0.2, 0.25) is 5.91 Å². The summed E-state index contributed by atoms with van der Waals surface area (Å²) in [6, 6.07) is 10.3. The van der Waals surface area contributed by atoms with Crippen molar-refractivity contribution in [3.8, 4) is 0 Å². The molecule has 1 aromatic heterocycles.